The molecule has 100 valence electrons. The van der Waals surface area contributed by atoms with E-state index in [2.05, 4.69) is 10.3 Å². The van der Waals surface area contributed by atoms with E-state index in [4.69, 9.17) is 0 Å². The van der Waals surface area contributed by atoms with Crippen molar-refractivity contribution in [3.05, 3.63) is 64.7 Å². The molecule has 1 atom stereocenters. The molecule has 0 aliphatic heterocycles. The van der Waals surface area contributed by atoms with E-state index in [9.17, 15) is 13.2 Å². The molecule has 2 aromatic rings. The van der Waals surface area contributed by atoms with Crippen LogP contribution in [0, 0.1) is 24.4 Å². The van der Waals surface area contributed by atoms with Crippen molar-refractivity contribution in [1.29, 1.82) is 0 Å². The molecular weight excluding hydrogens is 253 g/mol. The maximum Gasteiger partial charge on any atom is 0.134 e. The third-order valence-corrected chi connectivity index (χ3v) is 2.85. The van der Waals surface area contributed by atoms with Gasteiger partial charge in [-0.25, -0.2) is 13.2 Å². The zero-order chi connectivity index (χ0) is 14.0. The highest BCUT2D eigenvalue weighted by Crippen LogP contribution is 2.27. The van der Waals surface area contributed by atoms with Gasteiger partial charge in [0.05, 0.1) is 6.04 Å². The van der Waals surface area contributed by atoms with Crippen molar-refractivity contribution in [2.24, 2.45) is 0 Å². The number of hydrogen-bond donors (Lipinski definition) is 1. The summed E-state index contributed by atoms with van der Waals surface area (Å²) in [5.74, 6) is -2.77. The third-order valence-electron chi connectivity index (χ3n) is 2.85. The number of rotatable bonds is 3. The molecule has 1 N–H and O–H groups in total. The van der Waals surface area contributed by atoms with Crippen LogP contribution in [-0.4, -0.2) is 12.0 Å². The third kappa shape index (κ3) is 2.76. The summed E-state index contributed by atoms with van der Waals surface area (Å²) in [4.78, 5) is 4.00. The van der Waals surface area contributed by atoms with E-state index in [1.807, 2.05) is 6.92 Å². The van der Waals surface area contributed by atoms with Crippen LogP contribution in [0.25, 0.3) is 0 Å². The Morgan fingerprint density at radius 2 is 1.68 bits per heavy atom. The Hall–Kier alpha value is -1.88. The van der Waals surface area contributed by atoms with Gasteiger partial charge in [-0.3, -0.25) is 4.98 Å². The van der Waals surface area contributed by atoms with Gasteiger partial charge in [0.1, 0.15) is 17.5 Å². The number of halogens is 3. The van der Waals surface area contributed by atoms with E-state index in [0.29, 0.717) is 17.7 Å². The Kier molecular flexibility index (Phi) is 3.85. The second-order valence-electron chi connectivity index (χ2n) is 4.30. The Bertz CT molecular complexity index is 576. The van der Waals surface area contributed by atoms with Gasteiger partial charge in [0.2, 0.25) is 0 Å². The average Bonchev–Trinajstić information content (AvgIpc) is 2.33. The van der Waals surface area contributed by atoms with Crippen molar-refractivity contribution in [3.63, 3.8) is 0 Å². The molecule has 1 unspecified atom stereocenters. The Morgan fingerprint density at radius 3 is 2.21 bits per heavy atom. The number of pyridine rings is 1. The van der Waals surface area contributed by atoms with E-state index in [1.165, 1.54) is 6.20 Å². The van der Waals surface area contributed by atoms with Crippen LogP contribution in [0.3, 0.4) is 0 Å². The molecule has 0 radical (unpaired) electrons. The molecule has 1 aromatic heterocycles. The lowest BCUT2D eigenvalue weighted by Gasteiger charge is -2.18. The summed E-state index contributed by atoms with van der Waals surface area (Å²) in [6.07, 6.45) is 3.17. The van der Waals surface area contributed by atoms with Crippen molar-refractivity contribution < 1.29 is 13.2 Å². The Balaban J connectivity index is 2.54. The molecule has 0 bridgehead atoms. The van der Waals surface area contributed by atoms with Crippen molar-refractivity contribution in [2.75, 3.05) is 7.05 Å². The van der Waals surface area contributed by atoms with E-state index in [0.717, 1.165) is 5.56 Å². The van der Waals surface area contributed by atoms with Crippen LogP contribution in [0.1, 0.15) is 22.7 Å². The highest BCUT2D eigenvalue weighted by molar-refractivity contribution is 5.34. The second kappa shape index (κ2) is 5.40. The van der Waals surface area contributed by atoms with Gasteiger partial charge in [-0.05, 0) is 25.1 Å². The van der Waals surface area contributed by atoms with Gasteiger partial charge in [0.15, 0.2) is 0 Å². The molecule has 19 heavy (non-hydrogen) atoms. The Morgan fingerprint density at radius 1 is 1.05 bits per heavy atom. The molecular formula is C14H13F3N2. The maximum absolute atomic E-state index is 13.8. The normalized spacial score (nSPS) is 12.5. The summed E-state index contributed by atoms with van der Waals surface area (Å²) >= 11 is 0. The summed E-state index contributed by atoms with van der Waals surface area (Å²) < 4.78 is 40.5. The molecule has 5 heteroatoms. The van der Waals surface area contributed by atoms with Gasteiger partial charge in [-0.15, -0.1) is 0 Å². The monoisotopic (exact) mass is 266 g/mol. The van der Waals surface area contributed by atoms with E-state index in [1.54, 1.807) is 19.3 Å². The Labute approximate surface area is 109 Å². The van der Waals surface area contributed by atoms with Crippen LogP contribution in [0.15, 0.2) is 30.6 Å². The van der Waals surface area contributed by atoms with Gasteiger partial charge in [0.25, 0.3) is 0 Å². The summed E-state index contributed by atoms with van der Waals surface area (Å²) in [6, 6.07) is 2.40. The van der Waals surface area contributed by atoms with Crippen molar-refractivity contribution in [1.82, 2.24) is 10.3 Å². The maximum atomic E-state index is 13.8. The van der Waals surface area contributed by atoms with Gasteiger partial charge in [0, 0.05) is 30.1 Å². The first-order valence-corrected chi connectivity index (χ1v) is 5.76. The lowest BCUT2D eigenvalue weighted by Crippen LogP contribution is -2.21. The van der Waals surface area contributed by atoms with Gasteiger partial charge in [-0.2, -0.15) is 0 Å². The van der Waals surface area contributed by atoms with Crippen molar-refractivity contribution >= 4 is 0 Å². The second-order valence-corrected chi connectivity index (χ2v) is 4.30. The molecule has 0 fully saturated rings. The van der Waals surface area contributed by atoms with Gasteiger partial charge in [-0.1, -0.05) is 6.07 Å². The number of nitrogens with zero attached hydrogens (tertiary/aromatic N) is 1. The van der Waals surface area contributed by atoms with Crippen LogP contribution >= 0.6 is 0 Å². The zero-order valence-corrected chi connectivity index (χ0v) is 10.5. The first-order chi connectivity index (χ1) is 9.02. The van der Waals surface area contributed by atoms with Crippen molar-refractivity contribution in [3.8, 4) is 0 Å². The topological polar surface area (TPSA) is 24.9 Å². The van der Waals surface area contributed by atoms with Gasteiger partial charge >= 0.3 is 0 Å². The number of benzene rings is 1. The average molecular weight is 266 g/mol. The standard InChI is InChI=1S/C14H13F3N2/c1-8-3-9(7-19-6-8)14(18-2)13-11(16)4-10(15)5-12(13)17/h3-7,14,18H,1-2H3. The molecule has 1 heterocycles. The van der Waals surface area contributed by atoms with Crippen LogP contribution in [0.5, 0.6) is 0 Å². The lowest BCUT2D eigenvalue weighted by atomic mass is 9.98. The number of nitrogens with one attached hydrogen (secondary N) is 1. The fourth-order valence-corrected chi connectivity index (χ4v) is 2.04. The number of aromatic nitrogens is 1. The summed E-state index contributed by atoms with van der Waals surface area (Å²) in [7, 11) is 1.58. The van der Waals surface area contributed by atoms with Crippen LogP contribution in [-0.2, 0) is 0 Å². The summed E-state index contributed by atoms with van der Waals surface area (Å²) in [5, 5.41) is 2.82. The molecule has 0 aliphatic carbocycles. The molecule has 0 aliphatic rings. The van der Waals surface area contributed by atoms with Crippen LogP contribution in [0.2, 0.25) is 0 Å². The largest absolute Gasteiger partial charge is 0.309 e. The van der Waals surface area contributed by atoms with E-state index in [-0.39, 0.29) is 5.56 Å². The minimum Gasteiger partial charge on any atom is -0.309 e. The fourth-order valence-electron chi connectivity index (χ4n) is 2.04. The molecule has 2 nitrogen and oxygen atoms in total. The summed E-state index contributed by atoms with van der Waals surface area (Å²) in [5.41, 5.74) is 1.28. The minimum atomic E-state index is -0.934. The van der Waals surface area contributed by atoms with Gasteiger partial charge < -0.3 is 5.32 Å². The smallest absolute Gasteiger partial charge is 0.134 e. The molecule has 0 amide bonds. The zero-order valence-electron chi connectivity index (χ0n) is 10.5. The SMILES string of the molecule is CNC(c1cncc(C)c1)c1c(F)cc(F)cc1F. The molecule has 2 rings (SSSR count). The summed E-state index contributed by atoms with van der Waals surface area (Å²) in [6.45, 7) is 1.83. The van der Waals surface area contributed by atoms with Crippen molar-refractivity contribution in [2.45, 2.75) is 13.0 Å². The predicted octanol–water partition coefficient (Wildman–Crippen LogP) is 3.12. The van der Waals surface area contributed by atoms with E-state index >= 15 is 0 Å². The quantitative estimate of drug-likeness (QED) is 0.923. The highest BCUT2D eigenvalue weighted by Gasteiger charge is 2.22. The molecule has 1 aromatic carbocycles. The van der Waals surface area contributed by atoms with Crippen LogP contribution in [0.4, 0.5) is 13.2 Å². The molecule has 0 spiro atoms. The highest BCUT2D eigenvalue weighted by atomic mass is 19.1. The first kappa shape index (κ1) is 13.5. The molecule has 0 saturated heterocycles. The predicted molar refractivity (Wildman–Crippen MR) is 66.2 cm³/mol. The lowest BCUT2D eigenvalue weighted by molar-refractivity contribution is 0.499. The minimum absolute atomic E-state index is 0.212. The van der Waals surface area contributed by atoms with E-state index < -0.39 is 23.5 Å². The first-order valence-electron chi connectivity index (χ1n) is 5.76. The number of hydrogen-bond acceptors (Lipinski definition) is 2. The number of aryl methyl sites for hydroxylation is 1. The fraction of sp³-hybridized carbons (Fsp3) is 0.214. The molecule has 0 saturated carbocycles. The van der Waals surface area contributed by atoms with Crippen LogP contribution < -0.4 is 5.32 Å².